The first-order valence-electron chi connectivity index (χ1n) is 7.13. The van der Waals surface area contributed by atoms with Gasteiger partial charge >= 0.3 is 0 Å². The highest BCUT2D eigenvalue weighted by molar-refractivity contribution is 5.40. The summed E-state index contributed by atoms with van der Waals surface area (Å²) in [5.41, 5.74) is 1.14. The molecule has 0 bridgehead atoms. The maximum absolute atomic E-state index is 11.5. The van der Waals surface area contributed by atoms with E-state index >= 15 is 0 Å². The van der Waals surface area contributed by atoms with Crippen LogP contribution in [0.15, 0.2) is 23.1 Å². The minimum atomic E-state index is 0.0781. The van der Waals surface area contributed by atoms with E-state index in [0.717, 1.165) is 30.6 Å². The van der Waals surface area contributed by atoms with Crippen LogP contribution in [-0.4, -0.2) is 11.1 Å². The van der Waals surface area contributed by atoms with Crippen molar-refractivity contribution in [1.29, 1.82) is 0 Å². The Morgan fingerprint density at radius 2 is 2.22 bits per heavy atom. The molecule has 1 aliphatic carbocycles. The third kappa shape index (κ3) is 3.37. The molecule has 1 N–H and O–H groups in total. The van der Waals surface area contributed by atoms with E-state index in [1.807, 2.05) is 19.2 Å². The van der Waals surface area contributed by atoms with Crippen LogP contribution >= 0.6 is 0 Å². The van der Waals surface area contributed by atoms with Crippen LogP contribution < -0.4 is 10.9 Å². The quantitative estimate of drug-likeness (QED) is 0.888. The molecular formula is C15H24N2O. The fourth-order valence-electron chi connectivity index (χ4n) is 2.89. The average molecular weight is 248 g/mol. The minimum absolute atomic E-state index is 0.0781. The number of aryl methyl sites for hydroxylation is 1. The first-order valence-corrected chi connectivity index (χ1v) is 7.13. The molecule has 1 saturated carbocycles. The second-order valence-electron chi connectivity index (χ2n) is 5.56. The zero-order valence-corrected chi connectivity index (χ0v) is 11.5. The molecular weight excluding hydrogens is 224 g/mol. The predicted octanol–water partition coefficient (Wildman–Crippen LogP) is 3.11. The molecule has 3 heteroatoms. The van der Waals surface area contributed by atoms with Crippen LogP contribution in [0.25, 0.3) is 0 Å². The second kappa shape index (κ2) is 6.07. The van der Waals surface area contributed by atoms with Crippen molar-refractivity contribution in [3.8, 4) is 0 Å². The molecule has 2 rings (SSSR count). The average Bonchev–Trinajstić information content (AvgIpc) is 2.38. The fourth-order valence-corrected chi connectivity index (χ4v) is 2.89. The highest BCUT2D eigenvalue weighted by Crippen LogP contribution is 2.28. The van der Waals surface area contributed by atoms with E-state index in [1.54, 1.807) is 10.6 Å². The summed E-state index contributed by atoms with van der Waals surface area (Å²) in [5.74, 6) is 1.66. The maximum atomic E-state index is 11.5. The third-order valence-electron chi connectivity index (χ3n) is 3.96. The Bertz CT molecular complexity index is 438. The molecule has 18 heavy (non-hydrogen) atoms. The van der Waals surface area contributed by atoms with E-state index < -0.39 is 0 Å². The number of hydrogen-bond acceptors (Lipinski definition) is 2. The van der Waals surface area contributed by atoms with Crippen molar-refractivity contribution >= 4 is 5.69 Å². The molecule has 100 valence electrons. The number of nitrogens with zero attached hydrogens (tertiary/aromatic N) is 1. The first kappa shape index (κ1) is 13.2. The summed E-state index contributed by atoms with van der Waals surface area (Å²) in [6, 6.07) is 3.54. The number of anilines is 1. The number of aromatic nitrogens is 1. The van der Waals surface area contributed by atoms with E-state index in [1.165, 1.54) is 25.7 Å². The van der Waals surface area contributed by atoms with E-state index in [2.05, 4.69) is 12.2 Å². The summed E-state index contributed by atoms with van der Waals surface area (Å²) >= 11 is 0. The standard InChI is InChI=1S/C15H24N2O/c1-3-17-11-14(7-8-15(17)18)16-10-13-6-4-5-12(2)9-13/h7-8,11-13,16H,3-6,9-10H2,1-2H3. The van der Waals surface area contributed by atoms with Crippen molar-refractivity contribution in [2.75, 3.05) is 11.9 Å². The number of rotatable bonds is 4. The van der Waals surface area contributed by atoms with Gasteiger partial charge in [-0.3, -0.25) is 4.79 Å². The summed E-state index contributed by atoms with van der Waals surface area (Å²) in [5, 5.41) is 3.48. The number of pyridine rings is 1. The van der Waals surface area contributed by atoms with E-state index in [4.69, 9.17) is 0 Å². The Kier molecular flexibility index (Phi) is 4.45. The first-order chi connectivity index (χ1) is 8.69. The van der Waals surface area contributed by atoms with Gasteiger partial charge in [-0.1, -0.05) is 19.8 Å². The van der Waals surface area contributed by atoms with Gasteiger partial charge in [0, 0.05) is 25.4 Å². The van der Waals surface area contributed by atoms with Crippen LogP contribution in [0.5, 0.6) is 0 Å². The SMILES string of the molecule is CCn1cc(NCC2CCCC(C)C2)ccc1=O. The van der Waals surface area contributed by atoms with Crippen molar-refractivity contribution in [3.63, 3.8) is 0 Å². The maximum Gasteiger partial charge on any atom is 0.250 e. The summed E-state index contributed by atoms with van der Waals surface area (Å²) in [7, 11) is 0. The van der Waals surface area contributed by atoms with Crippen molar-refractivity contribution in [3.05, 3.63) is 28.7 Å². The molecule has 2 unspecified atom stereocenters. The van der Waals surface area contributed by atoms with Crippen LogP contribution in [-0.2, 0) is 6.54 Å². The Hall–Kier alpha value is -1.25. The highest BCUT2D eigenvalue weighted by atomic mass is 16.1. The summed E-state index contributed by atoms with van der Waals surface area (Å²) in [6.07, 6.45) is 7.35. The molecule has 0 aliphatic heterocycles. The Labute approximate surface area is 109 Å². The van der Waals surface area contributed by atoms with Gasteiger partial charge < -0.3 is 9.88 Å². The molecule has 1 aliphatic rings. The molecule has 0 radical (unpaired) electrons. The molecule has 0 spiro atoms. The molecule has 1 heterocycles. The lowest BCUT2D eigenvalue weighted by molar-refractivity contribution is 0.293. The molecule has 1 aromatic heterocycles. The van der Waals surface area contributed by atoms with Crippen molar-refractivity contribution in [1.82, 2.24) is 4.57 Å². The van der Waals surface area contributed by atoms with Crippen molar-refractivity contribution < 1.29 is 0 Å². The number of nitrogens with one attached hydrogen (secondary N) is 1. The van der Waals surface area contributed by atoms with Crippen molar-refractivity contribution in [2.45, 2.75) is 46.1 Å². The lowest BCUT2D eigenvalue weighted by Crippen LogP contribution is -2.22. The largest absolute Gasteiger partial charge is 0.384 e. The van der Waals surface area contributed by atoms with Crippen LogP contribution in [0.4, 0.5) is 5.69 Å². The van der Waals surface area contributed by atoms with Gasteiger partial charge in [0.2, 0.25) is 0 Å². The molecule has 2 atom stereocenters. The summed E-state index contributed by atoms with van der Waals surface area (Å²) < 4.78 is 1.74. The lowest BCUT2D eigenvalue weighted by Gasteiger charge is -2.27. The molecule has 0 saturated heterocycles. The monoisotopic (exact) mass is 248 g/mol. The number of hydrogen-bond donors (Lipinski definition) is 1. The van der Waals surface area contributed by atoms with Crippen molar-refractivity contribution in [2.24, 2.45) is 11.8 Å². The molecule has 3 nitrogen and oxygen atoms in total. The predicted molar refractivity (Wildman–Crippen MR) is 76.0 cm³/mol. The molecule has 0 aromatic carbocycles. The zero-order chi connectivity index (χ0) is 13.0. The molecule has 1 aromatic rings. The van der Waals surface area contributed by atoms with Gasteiger partial charge in [0.05, 0.1) is 5.69 Å². The zero-order valence-electron chi connectivity index (χ0n) is 11.5. The van der Waals surface area contributed by atoms with Crippen LogP contribution in [0, 0.1) is 11.8 Å². The normalized spacial score (nSPS) is 23.9. The van der Waals surface area contributed by atoms with E-state index in [-0.39, 0.29) is 5.56 Å². The van der Waals surface area contributed by atoms with Gasteiger partial charge in [0.1, 0.15) is 0 Å². The summed E-state index contributed by atoms with van der Waals surface area (Å²) in [4.78, 5) is 11.5. The van der Waals surface area contributed by atoms with E-state index in [0.29, 0.717) is 0 Å². The van der Waals surface area contributed by atoms with E-state index in [9.17, 15) is 4.79 Å². The fraction of sp³-hybridized carbons (Fsp3) is 0.667. The third-order valence-corrected chi connectivity index (χ3v) is 3.96. The van der Waals surface area contributed by atoms with Gasteiger partial charge in [0.25, 0.3) is 5.56 Å². The van der Waals surface area contributed by atoms with Crippen LogP contribution in [0.1, 0.15) is 39.5 Å². The molecule has 1 fully saturated rings. The molecule has 0 amide bonds. The minimum Gasteiger partial charge on any atom is -0.384 e. The Morgan fingerprint density at radius 3 is 2.94 bits per heavy atom. The lowest BCUT2D eigenvalue weighted by atomic mass is 9.82. The smallest absolute Gasteiger partial charge is 0.250 e. The van der Waals surface area contributed by atoms with Crippen LogP contribution in [0.2, 0.25) is 0 Å². The van der Waals surface area contributed by atoms with Gasteiger partial charge in [-0.2, -0.15) is 0 Å². The highest BCUT2D eigenvalue weighted by Gasteiger charge is 2.18. The van der Waals surface area contributed by atoms with Crippen LogP contribution in [0.3, 0.4) is 0 Å². The Morgan fingerprint density at radius 1 is 1.39 bits per heavy atom. The topological polar surface area (TPSA) is 34.0 Å². The van der Waals surface area contributed by atoms with Gasteiger partial charge in [0.15, 0.2) is 0 Å². The Balaban J connectivity index is 1.91. The van der Waals surface area contributed by atoms with Gasteiger partial charge in [-0.15, -0.1) is 0 Å². The second-order valence-corrected chi connectivity index (χ2v) is 5.56. The van der Waals surface area contributed by atoms with Gasteiger partial charge in [-0.05, 0) is 37.7 Å². The van der Waals surface area contributed by atoms with Gasteiger partial charge in [-0.25, -0.2) is 0 Å². The summed E-state index contributed by atoms with van der Waals surface area (Å²) in [6.45, 7) is 6.11.